The lowest BCUT2D eigenvalue weighted by Gasteiger charge is -2.34. The van der Waals surface area contributed by atoms with E-state index in [1.165, 1.54) is 33.9 Å². The molecule has 3 amide bonds. The number of benzene rings is 1. The van der Waals surface area contributed by atoms with Gasteiger partial charge in [0.05, 0.1) is 0 Å². The quantitative estimate of drug-likeness (QED) is 0.624. The summed E-state index contributed by atoms with van der Waals surface area (Å²) in [5, 5.41) is 7.03. The van der Waals surface area contributed by atoms with E-state index in [0.717, 1.165) is 29.8 Å². The number of rotatable bonds is 6. The Balaban J connectivity index is 1.33. The highest BCUT2D eigenvalue weighted by molar-refractivity contribution is 7.92. The Bertz CT molecular complexity index is 1100. The van der Waals surface area contributed by atoms with Crippen LogP contribution >= 0.6 is 0 Å². The van der Waals surface area contributed by atoms with E-state index in [1.54, 1.807) is 20.2 Å². The van der Waals surface area contributed by atoms with E-state index in [9.17, 15) is 18.0 Å². The van der Waals surface area contributed by atoms with Crippen LogP contribution in [0.15, 0.2) is 34.7 Å². The van der Waals surface area contributed by atoms with Crippen molar-refractivity contribution in [2.24, 2.45) is 10.9 Å². The molecule has 0 bridgehead atoms. The lowest BCUT2D eigenvalue weighted by Crippen LogP contribution is -2.50. The summed E-state index contributed by atoms with van der Waals surface area (Å²) in [5.41, 5.74) is 0.853. The molecule has 1 saturated carbocycles. The van der Waals surface area contributed by atoms with Gasteiger partial charge in [-0.25, -0.2) is 13.2 Å². The minimum atomic E-state index is -3.61. The smallest absolute Gasteiger partial charge is 0.317 e. The average molecular weight is 502 g/mol. The minimum absolute atomic E-state index is 0.0764. The molecular weight excluding hydrogens is 466 g/mol. The van der Waals surface area contributed by atoms with Gasteiger partial charge in [0, 0.05) is 45.1 Å². The summed E-state index contributed by atoms with van der Waals surface area (Å²) in [7, 11) is -0.256. The van der Waals surface area contributed by atoms with Crippen molar-refractivity contribution < 1.29 is 18.0 Å². The van der Waals surface area contributed by atoms with Gasteiger partial charge in [-0.05, 0) is 42.9 Å². The van der Waals surface area contributed by atoms with Crippen molar-refractivity contribution in [3.05, 3.63) is 40.8 Å². The highest BCUT2D eigenvalue weighted by Gasteiger charge is 2.48. The lowest BCUT2D eigenvalue weighted by atomic mass is 9.88. The second-order valence-electron chi connectivity index (χ2n) is 9.86. The van der Waals surface area contributed by atoms with Crippen LogP contribution in [0.4, 0.5) is 4.79 Å². The van der Waals surface area contributed by atoms with Crippen molar-refractivity contribution in [1.29, 1.82) is 0 Å². The average Bonchev–Trinajstić information content (AvgIpc) is 3.18. The molecule has 1 aliphatic carbocycles. The molecule has 1 aromatic carbocycles. The summed E-state index contributed by atoms with van der Waals surface area (Å²) in [5.74, 6) is 1.07. The van der Waals surface area contributed by atoms with Crippen molar-refractivity contribution in [2.45, 2.75) is 57.0 Å². The van der Waals surface area contributed by atoms with Gasteiger partial charge in [0.15, 0.2) is 0 Å². The summed E-state index contributed by atoms with van der Waals surface area (Å²) >= 11 is 0. The summed E-state index contributed by atoms with van der Waals surface area (Å²) in [6.45, 7) is 0.936. The van der Waals surface area contributed by atoms with Crippen molar-refractivity contribution in [1.82, 2.24) is 19.8 Å². The molecule has 9 nitrogen and oxygen atoms in total. The molecule has 0 aromatic heterocycles. The number of nitrogens with zero attached hydrogens (tertiary/aromatic N) is 3. The molecule has 1 spiro atoms. The molecule has 3 aliphatic rings. The summed E-state index contributed by atoms with van der Waals surface area (Å²) in [4.78, 5) is 30.7. The van der Waals surface area contributed by atoms with Crippen molar-refractivity contribution in [2.75, 3.05) is 27.2 Å². The van der Waals surface area contributed by atoms with Crippen LogP contribution in [-0.4, -0.2) is 68.1 Å². The molecule has 35 heavy (non-hydrogen) atoms. The van der Waals surface area contributed by atoms with E-state index < -0.39 is 15.6 Å². The highest BCUT2D eigenvalue weighted by Crippen LogP contribution is 2.34. The maximum atomic E-state index is 12.9. The molecule has 2 N–H and O–H groups in total. The van der Waals surface area contributed by atoms with Gasteiger partial charge in [0.2, 0.25) is 10.0 Å². The van der Waals surface area contributed by atoms with Gasteiger partial charge in [-0.2, -0.15) is 4.31 Å². The molecule has 10 heteroatoms. The topological polar surface area (TPSA) is 111 Å². The second-order valence-corrected chi connectivity index (χ2v) is 11.7. The number of aliphatic imine (C=N–C) groups is 1. The summed E-state index contributed by atoms with van der Waals surface area (Å²) < 4.78 is 27.3. The Hall–Kier alpha value is -2.72. The molecule has 190 valence electrons. The van der Waals surface area contributed by atoms with E-state index in [-0.39, 0.29) is 25.0 Å². The largest absolute Gasteiger partial charge is 0.334 e. The summed E-state index contributed by atoms with van der Waals surface area (Å²) in [6, 6.07) is 7.17. The first-order valence-electron chi connectivity index (χ1n) is 12.3. The normalized spacial score (nSPS) is 21.2. The van der Waals surface area contributed by atoms with Crippen LogP contribution in [0.3, 0.4) is 0 Å². The Kier molecular flexibility index (Phi) is 7.61. The number of amides is 3. The number of sulfonamides is 1. The second kappa shape index (κ2) is 10.5. The van der Waals surface area contributed by atoms with Crippen molar-refractivity contribution >= 4 is 33.9 Å². The fourth-order valence-electron chi connectivity index (χ4n) is 4.89. The van der Waals surface area contributed by atoms with Gasteiger partial charge < -0.3 is 15.5 Å². The van der Waals surface area contributed by atoms with Crippen molar-refractivity contribution in [3.63, 3.8) is 0 Å². The number of urea groups is 1. The fraction of sp³-hybridized carbons (Fsp3) is 0.560. The summed E-state index contributed by atoms with van der Waals surface area (Å²) in [6.07, 6.45) is 8.07. The monoisotopic (exact) mass is 501 g/mol. The number of nitrogens with one attached hydrogen (secondary N) is 2. The number of carbonyl (C=O) groups is 2. The first-order valence-corrected chi connectivity index (χ1v) is 13.8. The molecule has 2 heterocycles. The maximum Gasteiger partial charge on any atom is 0.317 e. The van der Waals surface area contributed by atoms with Crippen LogP contribution in [0.5, 0.6) is 0 Å². The Morgan fingerprint density at radius 3 is 2.46 bits per heavy atom. The first kappa shape index (κ1) is 25.4. The minimum Gasteiger partial charge on any atom is -0.334 e. The Labute approximate surface area is 207 Å². The molecule has 1 aromatic rings. The lowest BCUT2D eigenvalue weighted by molar-refractivity contribution is -0.125. The number of carbonyl (C=O) groups excluding carboxylic acids is 2. The molecule has 2 fully saturated rings. The highest BCUT2D eigenvalue weighted by atomic mass is 32.2. The van der Waals surface area contributed by atoms with Gasteiger partial charge >= 0.3 is 6.03 Å². The van der Waals surface area contributed by atoms with Gasteiger partial charge in [0.25, 0.3) is 5.91 Å². The van der Waals surface area contributed by atoms with Gasteiger partial charge in [-0.3, -0.25) is 9.79 Å². The zero-order valence-electron chi connectivity index (χ0n) is 20.5. The van der Waals surface area contributed by atoms with Gasteiger partial charge in [-0.15, -0.1) is 0 Å². The molecule has 4 rings (SSSR count). The van der Waals surface area contributed by atoms with Crippen LogP contribution in [0, 0.1) is 5.92 Å². The SMILES string of the molecule is CN(C)C(=O)NCc1ccc(C=CS(=O)(=O)N2CCC3(CC2)N=C(C2CCCCC2)NC3=O)cc1. The molecular formula is C25H35N5O4S. The van der Waals surface area contributed by atoms with E-state index in [2.05, 4.69) is 10.6 Å². The van der Waals surface area contributed by atoms with Crippen LogP contribution in [0.2, 0.25) is 0 Å². The fourth-order valence-corrected chi connectivity index (χ4v) is 6.09. The van der Waals surface area contributed by atoms with Gasteiger partial charge in [0.1, 0.15) is 11.4 Å². The van der Waals surface area contributed by atoms with Gasteiger partial charge in [-0.1, -0.05) is 43.5 Å². The predicted octanol–water partition coefficient (Wildman–Crippen LogP) is 2.70. The molecule has 0 atom stereocenters. The zero-order chi connectivity index (χ0) is 25.1. The zero-order valence-corrected chi connectivity index (χ0v) is 21.3. The Morgan fingerprint density at radius 2 is 1.83 bits per heavy atom. The van der Waals surface area contributed by atoms with E-state index >= 15 is 0 Å². The van der Waals surface area contributed by atoms with Crippen molar-refractivity contribution in [3.8, 4) is 0 Å². The standard InChI is InChI=1S/C25H35N5O4S/c1-29(2)24(32)26-18-20-10-8-19(9-11-20)12-17-35(33,34)30-15-13-25(14-16-30)23(31)27-22(28-25)21-6-4-3-5-7-21/h8-12,17,21H,3-7,13-16,18H2,1-2H3,(H,26,32)(H,27,28,31). The Morgan fingerprint density at radius 1 is 1.17 bits per heavy atom. The number of hydrogen-bond donors (Lipinski definition) is 2. The van der Waals surface area contributed by atoms with Crippen LogP contribution in [0.25, 0.3) is 6.08 Å². The third-order valence-electron chi connectivity index (χ3n) is 7.16. The van der Waals surface area contributed by atoms with E-state index in [1.807, 2.05) is 24.3 Å². The molecule has 0 unspecified atom stereocenters. The van der Waals surface area contributed by atoms with E-state index in [4.69, 9.17) is 4.99 Å². The third kappa shape index (κ3) is 5.92. The van der Waals surface area contributed by atoms with Crippen LogP contribution < -0.4 is 10.6 Å². The maximum absolute atomic E-state index is 12.9. The van der Waals surface area contributed by atoms with E-state index in [0.29, 0.717) is 25.3 Å². The number of hydrogen-bond acceptors (Lipinski definition) is 5. The first-order chi connectivity index (χ1) is 16.7. The third-order valence-corrected chi connectivity index (χ3v) is 8.73. The molecule has 1 saturated heterocycles. The predicted molar refractivity (Wildman–Crippen MR) is 136 cm³/mol. The van der Waals surface area contributed by atoms with Crippen LogP contribution in [0.1, 0.15) is 56.1 Å². The van der Waals surface area contributed by atoms with Crippen LogP contribution in [-0.2, 0) is 21.4 Å². The molecule has 0 radical (unpaired) electrons. The molecule has 2 aliphatic heterocycles. The number of amidine groups is 1. The number of piperidine rings is 1.